The molecule has 1 nitrogen and oxygen atoms in total. The molecule has 0 aromatic heterocycles. The van der Waals surface area contributed by atoms with E-state index >= 15 is 0 Å². The van der Waals surface area contributed by atoms with Crippen LogP contribution < -0.4 is 0 Å². The highest BCUT2D eigenvalue weighted by Crippen LogP contribution is 2.59. The second kappa shape index (κ2) is 3.34. The summed E-state index contributed by atoms with van der Waals surface area (Å²) in [6.45, 7) is 2.18. The fourth-order valence-corrected chi connectivity index (χ4v) is 4.65. The predicted octanol–water partition coefficient (Wildman–Crippen LogP) is 3.95. The van der Waals surface area contributed by atoms with Crippen LogP contribution in [0.5, 0.6) is 0 Å². The first-order chi connectivity index (χ1) is 8.71. The molecule has 2 atom stereocenters. The molecule has 0 N–H and O–H groups in total. The molecule has 1 heteroatoms. The van der Waals surface area contributed by atoms with Crippen LogP contribution in [0.2, 0.25) is 0 Å². The van der Waals surface area contributed by atoms with Crippen molar-refractivity contribution in [1.82, 2.24) is 0 Å². The van der Waals surface area contributed by atoms with E-state index in [0.29, 0.717) is 11.2 Å². The van der Waals surface area contributed by atoms with E-state index in [1.807, 2.05) is 12.1 Å². The molecule has 0 radical (unpaired) electrons. The van der Waals surface area contributed by atoms with Gasteiger partial charge in [-0.15, -0.1) is 0 Å². The molecule has 3 aliphatic rings. The summed E-state index contributed by atoms with van der Waals surface area (Å²) in [7, 11) is 0. The number of aryl methyl sites for hydroxylation is 1. The minimum atomic E-state index is 0.304. The molecule has 1 aromatic rings. The van der Waals surface area contributed by atoms with Crippen LogP contribution in [0, 0.1) is 12.8 Å². The summed E-state index contributed by atoms with van der Waals surface area (Å²) in [6.07, 6.45) is 7.98. The zero-order valence-corrected chi connectivity index (χ0v) is 10.8. The van der Waals surface area contributed by atoms with E-state index in [-0.39, 0.29) is 0 Å². The van der Waals surface area contributed by atoms with Crippen molar-refractivity contribution in [3.05, 3.63) is 46.5 Å². The highest BCUT2D eigenvalue weighted by Gasteiger charge is 2.51. The average Bonchev–Trinajstić information content (AvgIpc) is 2.95. The van der Waals surface area contributed by atoms with E-state index in [4.69, 9.17) is 0 Å². The lowest BCUT2D eigenvalue weighted by Gasteiger charge is -2.42. The maximum Gasteiger partial charge on any atom is 0.163 e. The third-order valence-electron chi connectivity index (χ3n) is 5.39. The van der Waals surface area contributed by atoms with Crippen molar-refractivity contribution in [3.63, 3.8) is 0 Å². The van der Waals surface area contributed by atoms with Gasteiger partial charge in [0, 0.05) is 17.4 Å². The molecule has 1 saturated carbocycles. The summed E-state index contributed by atoms with van der Waals surface area (Å²) >= 11 is 0. The van der Waals surface area contributed by atoms with Gasteiger partial charge in [-0.2, -0.15) is 0 Å². The number of ketones is 1. The summed E-state index contributed by atoms with van der Waals surface area (Å²) in [5, 5.41) is 0. The van der Waals surface area contributed by atoms with Crippen molar-refractivity contribution in [2.24, 2.45) is 5.92 Å². The Kier molecular flexibility index (Phi) is 1.96. The Labute approximate surface area is 108 Å². The Morgan fingerprint density at radius 1 is 1.33 bits per heavy atom. The van der Waals surface area contributed by atoms with Crippen LogP contribution in [0.25, 0.3) is 0 Å². The lowest BCUT2D eigenvalue weighted by atomic mass is 9.61. The smallest absolute Gasteiger partial charge is 0.163 e. The predicted molar refractivity (Wildman–Crippen MR) is 71.8 cm³/mol. The van der Waals surface area contributed by atoms with Crippen LogP contribution in [0.3, 0.4) is 0 Å². The SMILES string of the molecule is Cc1cccc2c1C1(CCC2=O)CC2=CCC1C2. The van der Waals surface area contributed by atoms with Gasteiger partial charge < -0.3 is 0 Å². The number of fused-ring (bicyclic) bond motifs is 5. The van der Waals surface area contributed by atoms with Crippen molar-refractivity contribution >= 4 is 5.78 Å². The molecule has 18 heavy (non-hydrogen) atoms. The van der Waals surface area contributed by atoms with E-state index in [2.05, 4.69) is 19.1 Å². The molecule has 1 aromatic carbocycles. The minimum Gasteiger partial charge on any atom is -0.294 e. The molecule has 0 heterocycles. The van der Waals surface area contributed by atoms with Gasteiger partial charge in [-0.05, 0) is 49.7 Å². The van der Waals surface area contributed by atoms with Gasteiger partial charge in [0.2, 0.25) is 0 Å². The Morgan fingerprint density at radius 3 is 2.94 bits per heavy atom. The summed E-state index contributed by atoms with van der Waals surface area (Å²) in [5.74, 6) is 1.12. The van der Waals surface area contributed by atoms with Crippen LogP contribution in [0.15, 0.2) is 29.8 Å². The zero-order valence-electron chi connectivity index (χ0n) is 10.8. The first-order valence-electron chi connectivity index (χ1n) is 7.02. The van der Waals surface area contributed by atoms with E-state index < -0.39 is 0 Å². The molecule has 1 spiro atoms. The number of carbonyl (C=O) groups excluding carboxylic acids is 1. The van der Waals surface area contributed by atoms with Gasteiger partial charge in [0.25, 0.3) is 0 Å². The molecule has 4 rings (SSSR count). The number of hydrogen-bond donors (Lipinski definition) is 0. The number of allylic oxidation sites excluding steroid dienone is 2. The van der Waals surface area contributed by atoms with E-state index in [0.717, 1.165) is 24.3 Å². The van der Waals surface area contributed by atoms with Gasteiger partial charge in [0.05, 0.1) is 0 Å². The molecule has 92 valence electrons. The fourth-order valence-electron chi connectivity index (χ4n) is 4.65. The normalized spacial score (nSPS) is 32.8. The maximum absolute atomic E-state index is 12.2. The highest BCUT2D eigenvalue weighted by molar-refractivity contribution is 5.99. The first kappa shape index (κ1) is 10.5. The molecule has 1 fully saturated rings. The van der Waals surface area contributed by atoms with Crippen LogP contribution in [0.1, 0.15) is 53.6 Å². The summed E-state index contributed by atoms with van der Waals surface area (Å²) < 4.78 is 0. The molecule has 2 unspecified atom stereocenters. The molecular weight excluding hydrogens is 220 g/mol. The Balaban J connectivity index is 1.97. The van der Waals surface area contributed by atoms with Gasteiger partial charge in [-0.3, -0.25) is 4.79 Å². The minimum absolute atomic E-state index is 0.304. The number of rotatable bonds is 0. The lowest BCUT2D eigenvalue weighted by Crippen LogP contribution is -2.38. The maximum atomic E-state index is 12.2. The summed E-state index contributed by atoms with van der Waals surface area (Å²) in [5.41, 5.74) is 5.69. The van der Waals surface area contributed by atoms with Crippen molar-refractivity contribution in [2.75, 3.05) is 0 Å². The third-order valence-corrected chi connectivity index (χ3v) is 5.39. The second-order valence-corrected chi connectivity index (χ2v) is 6.25. The van der Waals surface area contributed by atoms with Crippen LogP contribution in [-0.4, -0.2) is 5.78 Å². The molecule has 3 aliphatic carbocycles. The summed E-state index contributed by atoms with van der Waals surface area (Å²) in [6, 6.07) is 6.27. The van der Waals surface area contributed by atoms with Crippen LogP contribution in [0.4, 0.5) is 0 Å². The average molecular weight is 238 g/mol. The van der Waals surface area contributed by atoms with Gasteiger partial charge in [0.15, 0.2) is 5.78 Å². The standard InChI is InChI=1S/C17H18O/c1-11-3-2-4-14-15(18)7-8-17(16(11)14)10-12-5-6-13(17)9-12/h2-5,13H,6-10H2,1H3. The molecule has 0 saturated heterocycles. The lowest BCUT2D eigenvalue weighted by molar-refractivity contribution is 0.0939. The number of Topliss-reactive ketones (excluding diaryl/α,β-unsaturated/α-hetero) is 1. The highest BCUT2D eigenvalue weighted by atomic mass is 16.1. The van der Waals surface area contributed by atoms with Gasteiger partial charge in [-0.1, -0.05) is 29.8 Å². The molecule has 2 bridgehead atoms. The molecular formula is C17H18O. The van der Waals surface area contributed by atoms with Gasteiger partial charge in [0.1, 0.15) is 0 Å². The molecule has 0 aliphatic heterocycles. The fraction of sp³-hybridized carbons (Fsp3) is 0.471. The van der Waals surface area contributed by atoms with Crippen LogP contribution >= 0.6 is 0 Å². The van der Waals surface area contributed by atoms with Crippen molar-refractivity contribution in [1.29, 1.82) is 0 Å². The van der Waals surface area contributed by atoms with Gasteiger partial charge >= 0.3 is 0 Å². The largest absolute Gasteiger partial charge is 0.294 e. The Hall–Kier alpha value is -1.37. The zero-order chi connectivity index (χ0) is 12.3. The second-order valence-electron chi connectivity index (χ2n) is 6.25. The van der Waals surface area contributed by atoms with Crippen molar-refractivity contribution in [3.8, 4) is 0 Å². The van der Waals surface area contributed by atoms with Crippen LogP contribution in [-0.2, 0) is 5.41 Å². The van der Waals surface area contributed by atoms with Gasteiger partial charge in [-0.25, -0.2) is 0 Å². The molecule has 0 amide bonds. The monoisotopic (exact) mass is 238 g/mol. The number of carbonyl (C=O) groups is 1. The Bertz CT molecular complexity index is 581. The topological polar surface area (TPSA) is 17.1 Å². The quantitative estimate of drug-likeness (QED) is 0.625. The number of hydrogen-bond acceptors (Lipinski definition) is 1. The van der Waals surface area contributed by atoms with E-state index in [1.54, 1.807) is 5.57 Å². The first-order valence-corrected chi connectivity index (χ1v) is 7.02. The summed E-state index contributed by atoms with van der Waals surface area (Å²) in [4.78, 5) is 12.2. The van der Waals surface area contributed by atoms with E-state index in [9.17, 15) is 4.79 Å². The van der Waals surface area contributed by atoms with Crippen molar-refractivity contribution in [2.45, 2.75) is 44.4 Å². The Morgan fingerprint density at radius 2 is 2.22 bits per heavy atom. The third kappa shape index (κ3) is 1.15. The van der Waals surface area contributed by atoms with E-state index in [1.165, 1.54) is 30.4 Å². The number of benzene rings is 1. The van der Waals surface area contributed by atoms with Crippen molar-refractivity contribution < 1.29 is 4.79 Å².